The summed E-state index contributed by atoms with van der Waals surface area (Å²) in [6, 6.07) is 21.3. The highest BCUT2D eigenvalue weighted by Crippen LogP contribution is 2.41. The first kappa shape index (κ1) is 15.2. The van der Waals surface area contributed by atoms with Gasteiger partial charge in [0.15, 0.2) is 0 Å². The molecule has 0 saturated heterocycles. The summed E-state index contributed by atoms with van der Waals surface area (Å²) in [5.41, 5.74) is 0.356. The molecule has 0 unspecified atom stereocenters. The van der Waals surface area contributed by atoms with Crippen LogP contribution < -0.4 is 10.6 Å². The van der Waals surface area contributed by atoms with E-state index >= 15 is 0 Å². The number of aliphatic hydroxyl groups is 1. The number of benzene rings is 2. The van der Waals surface area contributed by atoms with E-state index < -0.39 is 7.92 Å². The van der Waals surface area contributed by atoms with E-state index in [0.29, 0.717) is 5.66 Å². The second-order valence-electron chi connectivity index (χ2n) is 5.02. The molecule has 2 rings (SSSR count). The molecule has 106 valence electrons. The topological polar surface area (TPSA) is 20.2 Å². The van der Waals surface area contributed by atoms with Crippen LogP contribution in [0.4, 0.5) is 0 Å². The summed E-state index contributed by atoms with van der Waals surface area (Å²) in [6.07, 6.45) is 3.47. The van der Waals surface area contributed by atoms with Crippen LogP contribution in [-0.2, 0) is 0 Å². The third-order valence-corrected chi connectivity index (χ3v) is 6.40. The van der Waals surface area contributed by atoms with Crippen molar-refractivity contribution in [3.8, 4) is 0 Å². The Bertz CT molecular complexity index is 444. The van der Waals surface area contributed by atoms with Crippen molar-refractivity contribution < 1.29 is 5.11 Å². The van der Waals surface area contributed by atoms with Crippen molar-refractivity contribution >= 4 is 18.5 Å². The SMILES string of the molecule is CCCC[C@H](CO)P(c1ccccc1)c1ccccc1. The Labute approximate surface area is 123 Å². The normalized spacial score (nSPS) is 12.6. The predicted molar refractivity (Wildman–Crippen MR) is 89.5 cm³/mol. The first-order chi connectivity index (χ1) is 9.86. The van der Waals surface area contributed by atoms with Gasteiger partial charge in [-0.1, -0.05) is 80.4 Å². The third-order valence-electron chi connectivity index (χ3n) is 3.54. The predicted octanol–water partition coefficient (Wildman–Crippen LogP) is 3.67. The van der Waals surface area contributed by atoms with Gasteiger partial charge in [-0.3, -0.25) is 0 Å². The minimum atomic E-state index is -0.476. The Morgan fingerprint density at radius 3 is 1.80 bits per heavy atom. The maximum atomic E-state index is 9.86. The molecule has 0 aliphatic heterocycles. The standard InChI is InChI=1S/C18H23OP/c1-2-3-10-18(15-19)20(16-11-6-4-7-12-16)17-13-8-5-9-14-17/h4-9,11-14,18-19H,2-3,10,15H2,1H3/t18-/m1/s1. The van der Waals surface area contributed by atoms with Crippen molar-refractivity contribution in [2.24, 2.45) is 0 Å². The first-order valence-electron chi connectivity index (χ1n) is 7.37. The van der Waals surface area contributed by atoms with Gasteiger partial charge in [0.2, 0.25) is 0 Å². The second kappa shape index (κ2) is 8.19. The highest BCUT2D eigenvalue weighted by atomic mass is 31.1. The first-order valence-corrected chi connectivity index (χ1v) is 8.78. The maximum absolute atomic E-state index is 9.86. The molecule has 20 heavy (non-hydrogen) atoms. The molecule has 0 aliphatic carbocycles. The van der Waals surface area contributed by atoms with Gasteiger partial charge in [0.05, 0.1) is 6.61 Å². The van der Waals surface area contributed by atoms with Crippen LogP contribution in [0.25, 0.3) is 0 Å². The lowest BCUT2D eigenvalue weighted by molar-refractivity contribution is 0.287. The van der Waals surface area contributed by atoms with Gasteiger partial charge in [-0.05, 0) is 25.0 Å². The molecule has 1 N–H and O–H groups in total. The van der Waals surface area contributed by atoms with Gasteiger partial charge < -0.3 is 5.11 Å². The lowest BCUT2D eigenvalue weighted by Gasteiger charge is -2.27. The van der Waals surface area contributed by atoms with Crippen molar-refractivity contribution in [1.29, 1.82) is 0 Å². The second-order valence-corrected chi connectivity index (χ2v) is 7.52. The molecule has 0 aliphatic rings. The zero-order chi connectivity index (χ0) is 14.2. The van der Waals surface area contributed by atoms with E-state index in [2.05, 4.69) is 67.6 Å². The van der Waals surface area contributed by atoms with Crippen LogP contribution in [0, 0.1) is 0 Å². The monoisotopic (exact) mass is 286 g/mol. The molecule has 1 atom stereocenters. The molecule has 0 fully saturated rings. The quantitative estimate of drug-likeness (QED) is 0.770. The number of hydrogen-bond acceptors (Lipinski definition) is 1. The molecule has 0 radical (unpaired) electrons. The average Bonchev–Trinajstić information content (AvgIpc) is 2.53. The molecule has 1 nitrogen and oxygen atoms in total. The summed E-state index contributed by atoms with van der Waals surface area (Å²) in [7, 11) is -0.476. The van der Waals surface area contributed by atoms with Gasteiger partial charge in [0, 0.05) is 5.66 Å². The van der Waals surface area contributed by atoms with E-state index in [0.717, 1.165) is 6.42 Å². The smallest absolute Gasteiger partial charge is 0.0504 e. The molecular formula is C18H23OP. The van der Waals surface area contributed by atoms with E-state index in [1.54, 1.807) is 0 Å². The van der Waals surface area contributed by atoms with Crippen molar-refractivity contribution in [2.45, 2.75) is 31.8 Å². The third kappa shape index (κ3) is 3.91. The fourth-order valence-electron chi connectivity index (χ4n) is 2.49. The largest absolute Gasteiger partial charge is 0.396 e. The Hall–Kier alpha value is -1.17. The Morgan fingerprint density at radius 1 is 0.900 bits per heavy atom. The maximum Gasteiger partial charge on any atom is 0.0504 e. The fourth-order valence-corrected chi connectivity index (χ4v) is 5.22. The lowest BCUT2D eigenvalue weighted by Crippen LogP contribution is -2.24. The van der Waals surface area contributed by atoms with Gasteiger partial charge in [0.25, 0.3) is 0 Å². The average molecular weight is 286 g/mol. The zero-order valence-electron chi connectivity index (χ0n) is 12.1. The van der Waals surface area contributed by atoms with E-state index in [1.807, 2.05) is 0 Å². The fraction of sp³-hybridized carbons (Fsp3) is 0.333. The van der Waals surface area contributed by atoms with Gasteiger partial charge >= 0.3 is 0 Å². The van der Waals surface area contributed by atoms with E-state index in [-0.39, 0.29) is 6.61 Å². The van der Waals surface area contributed by atoms with Crippen LogP contribution in [0.15, 0.2) is 60.7 Å². The number of unbranched alkanes of at least 4 members (excludes halogenated alkanes) is 1. The molecule has 2 heteroatoms. The minimum absolute atomic E-state index is 0.273. The van der Waals surface area contributed by atoms with E-state index in [9.17, 15) is 5.11 Å². The zero-order valence-corrected chi connectivity index (χ0v) is 13.0. The van der Waals surface area contributed by atoms with Crippen molar-refractivity contribution in [2.75, 3.05) is 6.61 Å². The molecule has 0 spiro atoms. The molecule has 0 saturated carbocycles. The Morgan fingerprint density at radius 2 is 1.40 bits per heavy atom. The summed E-state index contributed by atoms with van der Waals surface area (Å²) in [5.74, 6) is 0. The van der Waals surface area contributed by atoms with Crippen LogP contribution in [0.2, 0.25) is 0 Å². The highest BCUT2D eigenvalue weighted by Gasteiger charge is 2.23. The number of rotatable bonds is 7. The molecule has 0 aromatic heterocycles. The summed E-state index contributed by atoms with van der Waals surface area (Å²) in [5, 5.41) is 12.6. The summed E-state index contributed by atoms with van der Waals surface area (Å²) in [6.45, 7) is 2.48. The number of hydrogen-bond donors (Lipinski definition) is 1. The van der Waals surface area contributed by atoms with Crippen LogP contribution in [-0.4, -0.2) is 17.4 Å². The molecule has 0 heterocycles. The summed E-state index contributed by atoms with van der Waals surface area (Å²) in [4.78, 5) is 0. The van der Waals surface area contributed by atoms with Crippen LogP contribution in [0.3, 0.4) is 0 Å². The summed E-state index contributed by atoms with van der Waals surface area (Å²) < 4.78 is 0. The van der Waals surface area contributed by atoms with Crippen LogP contribution >= 0.6 is 7.92 Å². The molecule has 0 bridgehead atoms. The van der Waals surface area contributed by atoms with Crippen molar-refractivity contribution in [3.05, 3.63) is 60.7 Å². The van der Waals surface area contributed by atoms with Gasteiger partial charge in [-0.25, -0.2) is 0 Å². The van der Waals surface area contributed by atoms with Crippen molar-refractivity contribution in [3.63, 3.8) is 0 Å². The van der Waals surface area contributed by atoms with Gasteiger partial charge in [0.1, 0.15) is 0 Å². The molecule has 0 amide bonds. The van der Waals surface area contributed by atoms with Gasteiger partial charge in [-0.2, -0.15) is 0 Å². The van der Waals surface area contributed by atoms with Crippen LogP contribution in [0.5, 0.6) is 0 Å². The lowest BCUT2D eigenvalue weighted by atomic mass is 10.2. The Balaban J connectivity index is 2.33. The van der Waals surface area contributed by atoms with Crippen molar-refractivity contribution in [1.82, 2.24) is 0 Å². The number of aliphatic hydroxyl groups excluding tert-OH is 1. The van der Waals surface area contributed by atoms with E-state index in [1.165, 1.54) is 23.5 Å². The molecular weight excluding hydrogens is 263 g/mol. The molecule has 2 aromatic carbocycles. The molecule has 2 aromatic rings. The Kier molecular flexibility index (Phi) is 6.24. The minimum Gasteiger partial charge on any atom is -0.396 e. The summed E-state index contributed by atoms with van der Waals surface area (Å²) >= 11 is 0. The van der Waals surface area contributed by atoms with Crippen LogP contribution in [0.1, 0.15) is 26.2 Å². The van der Waals surface area contributed by atoms with Gasteiger partial charge in [-0.15, -0.1) is 0 Å². The van der Waals surface area contributed by atoms with E-state index in [4.69, 9.17) is 0 Å². The highest BCUT2D eigenvalue weighted by molar-refractivity contribution is 7.73.